The van der Waals surface area contributed by atoms with Crippen molar-refractivity contribution in [3.05, 3.63) is 22.4 Å². The first-order valence-electron chi connectivity index (χ1n) is 6.76. The van der Waals surface area contributed by atoms with E-state index in [1.54, 1.807) is 23.1 Å². The van der Waals surface area contributed by atoms with Crippen LogP contribution in [0.5, 0.6) is 0 Å². The van der Waals surface area contributed by atoms with Crippen molar-refractivity contribution in [2.45, 2.75) is 43.9 Å². The highest BCUT2D eigenvalue weighted by Gasteiger charge is 2.38. The summed E-state index contributed by atoms with van der Waals surface area (Å²) in [7, 11) is 0. The highest BCUT2D eigenvalue weighted by Crippen LogP contribution is 2.43. The third-order valence-corrected chi connectivity index (χ3v) is 5.20. The molecule has 110 valence electrons. The van der Waals surface area contributed by atoms with Crippen molar-refractivity contribution in [3.8, 4) is 0 Å². The van der Waals surface area contributed by atoms with Crippen LogP contribution in [0.15, 0.2) is 16.8 Å². The van der Waals surface area contributed by atoms with Gasteiger partial charge in [0.2, 0.25) is 11.8 Å². The van der Waals surface area contributed by atoms with Gasteiger partial charge in [-0.25, -0.2) is 0 Å². The van der Waals surface area contributed by atoms with Gasteiger partial charge in [-0.3, -0.25) is 9.59 Å². The summed E-state index contributed by atoms with van der Waals surface area (Å²) in [5.74, 6) is 0.130. The Morgan fingerprint density at radius 2 is 2.25 bits per heavy atom. The molecule has 0 radical (unpaired) electrons. The molecule has 1 aliphatic rings. The fourth-order valence-electron chi connectivity index (χ4n) is 2.19. The number of hydrogen-bond acceptors (Lipinski definition) is 4. The molecule has 0 saturated carbocycles. The number of carbonyl (C=O) groups excluding carboxylic acids is 2. The normalized spacial score (nSPS) is 22.6. The smallest absolute Gasteiger partial charge is 0.236 e. The summed E-state index contributed by atoms with van der Waals surface area (Å²) < 4.78 is 0. The summed E-state index contributed by atoms with van der Waals surface area (Å²) in [6, 6.07) is 2.19. The predicted octanol–water partition coefficient (Wildman–Crippen LogP) is 2.63. The number of nitrogens with one attached hydrogen (secondary N) is 1. The molecule has 1 aromatic rings. The van der Waals surface area contributed by atoms with Gasteiger partial charge < -0.3 is 10.2 Å². The van der Waals surface area contributed by atoms with Crippen molar-refractivity contribution < 1.29 is 9.59 Å². The summed E-state index contributed by atoms with van der Waals surface area (Å²) in [6.45, 7) is 6.28. The molecular weight excluding hydrogens is 292 g/mol. The Morgan fingerprint density at radius 1 is 1.50 bits per heavy atom. The lowest BCUT2D eigenvalue weighted by atomic mass is 10.2. The second-order valence-corrected chi connectivity index (χ2v) is 7.40. The van der Waals surface area contributed by atoms with Gasteiger partial charge in [0.15, 0.2) is 0 Å². The van der Waals surface area contributed by atoms with Gasteiger partial charge in [0, 0.05) is 19.0 Å². The van der Waals surface area contributed by atoms with Gasteiger partial charge in [-0.05, 0) is 43.2 Å². The summed E-state index contributed by atoms with van der Waals surface area (Å²) in [5, 5.41) is 6.97. The first-order valence-corrected chi connectivity index (χ1v) is 8.65. The van der Waals surface area contributed by atoms with E-state index in [2.05, 4.69) is 16.8 Å². The molecule has 6 heteroatoms. The lowest BCUT2D eigenvalue weighted by molar-refractivity contribution is -0.130. The second-order valence-electron chi connectivity index (χ2n) is 5.19. The van der Waals surface area contributed by atoms with E-state index in [0.29, 0.717) is 13.0 Å². The topological polar surface area (TPSA) is 49.4 Å². The number of nitrogens with zero attached hydrogens (tertiary/aromatic N) is 1. The third kappa shape index (κ3) is 3.55. The molecule has 2 heterocycles. The minimum atomic E-state index is -0.0342. The van der Waals surface area contributed by atoms with Crippen LogP contribution in [-0.2, 0) is 9.59 Å². The van der Waals surface area contributed by atoms with Gasteiger partial charge in [0.05, 0.1) is 5.25 Å². The molecule has 2 rings (SSSR count). The van der Waals surface area contributed by atoms with E-state index < -0.39 is 0 Å². The standard InChI is InChI=1S/C14H20N2O2S2/c1-9(2)15-12(17)4-6-16-13(18)10(3)20-14(16)11-5-7-19-8-11/h5,7-10,14H,4,6H2,1-3H3,(H,15,17)/t10-,14-/m1/s1. The molecule has 20 heavy (non-hydrogen) atoms. The molecule has 2 atom stereocenters. The van der Waals surface area contributed by atoms with Crippen molar-refractivity contribution >= 4 is 34.9 Å². The van der Waals surface area contributed by atoms with E-state index in [-0.39, 0.29) is 28.5 Å². The molecule has 1 N–H and O–H groups in total. The van der Waals surface area contributed by atoms with Gasteiger partial charge in [-0.2, -0.15) is 11.3 Å². The van der Waals surface area contributed by atoms with E-state index >= 15 is 0 Å². The fraction of sp³-hybridized carbons (Fsp3) is 0.571. The van der Waals surface area contributed by atoms with E-state index in [4.69, 9.17) is 0 Å². The minimum Gasteiger partial charge on any atom is -0.354 e. The Labute approximate surface area is 127 Å². The molecule has 0 aliphatic carbocycles. The lowest BCUT2D eigenvalue weighted by Crippen LogP contribution is -2.36. The van der Waals surface area contributed by atoms with Crippen LogP contribution in [-0.4, -0.2) is 34.6 Å². The lowest BCUT2D eigenvalue weighted by Gasteiger charge is -2.23. The average molecular weight is 312 g/mol. The van der Waals surface area contributed by atoms with Crippen LogP contribution in [0.3, 0.4) is 0 Å². The summed E-state index contributed by atoms with van der Waals surface area (Å²) in [5.41, 5.74) is 1.15. The zero-order chi connectivity index (χ0) is 14.7. The highest BCUT2D eigenvalue weighted by atomic mass is 32.2. The summed E-state index contributed by atoms with van der Waals surface area (Å²) >= 11 is 3.29. The molecular formula is C14H20N2O2S2. The van der Waals surface area contributed by atoms with Crippen LogP contribution >= 0.6 is 23.1 Å². The summed E-state index contributed by atoms with van der Waals surface area (Å²) in [6.07, 6.45) is 0.359. The minimum absolute atomic E-state index is 0.00132. The molecule has 0 spiro atoms. The highest BCUT2D eigenvalue weighted by molar-refractivity contribution is 8.01. The van der Waals surface area contributed by atoms with E-state index in [9.17, 15) is 9.59 Å². The zero-order valence-corrected chi connectivity index (χ0v) is 13.6. The molecule has 1 aliphatic heterocycles. The number of thiophene rings is 1. The molecule has 4 nitrogen and oxygen atoms in total. The van der Waals surface area contributed by atoms with Crippen molar-refractivity contribution in [3.63, 3.8) is 0 Å². The number of carbonyl (C=O) groups is 2. The van der Waals surface area contributed by atoms with Gasteiger partial charge in [-0.15, -0.1) is 11.8 Å². The zero-order valence-electron chi connectivity index (χ0n) is 12.0. The molecule has 0 aromatic carbocycles. The maximum Gasteiger partial charge on any atom is 0.236 e. The molecule has 0 unspecified atom stereocenters. The van der Waals surface area contributed by atoms with Crippen molar-refractivity contribution in [2.24, 2.45) is 0 Å². The first kappa shape index (κ1) is 15.4. The number of thioether (sulfide) groups is 1. The largest absolute Gasteiger partial charge is 0.354 e. The van der Waals surface area contributed by atoms with Gasteiger partial charge in [-0.1, -0.05) is 0 Å². The quantitative estimate of drug-likeness (QED) is 0.909. The monoisotopic (exact) mass is 312 g/mol. The predicted molar refractivity (Wildman–Crippen MR) is 83.7 cm³/mol. The molecule has 2 amide bonds. The van der Waals surface area contributed by atoms with Crippen molar-refractivity contribution in [1.82, 2.24) is 10.2 Å². The van der Waals surface area contributed by atoms with E-state index in [1.807, 2.05) is 31.1 Å². The number of rotatable bonds is 5. The summed E-state index contributed by atoms with van der Waals surface area (Å²) in [4.78, 5) is 25.8. The Hall–Kier alpha value is -1.01. The first-order chi connectivity index (χ1) is 9.49. The molecule has 1 aromatic heterocycles. The van der Waals surface area contributed by atoms with Crippen LogP contribution in [0.25, 0.3) is 0 Å². The van der Waals surface area contributed by atoms with Crippen LogP contribution in [0, 0.1) is 0 Å². The Bertz CT molecular complexity index is 474. The van der Waals surface area contributed by atoms with E-state index in [1.165, 1.54) is 0 Å². The van der Waals surface area contributed by atoms with Gasteiger partial charge >= 0.3 is 0 Å². The maximum absolute atomic E-state index is 12.2. The molecule has 1 saturated heterocycles. The van der Waals surface area contributed by atoms with Crippen LogP contribution in [0.4, 0.5) is 0 Å². The van der Waals surface area contributed by atoms with Crippen molar-refractivity contribution in [2.75, 3.05) is 6.54 Å². The Balaban J connectivity index is 2.00. The van der Waals surface area contributed by atoms with Gasteiger partial charge in [0.25, 0.3) is 0 Å². The number of hydrogen-bond donors (Lipinski definition) is 1. The second kappa shape index (κ2) is 6.63. The van der Waals surface area contributed by atoms with E-state index in [0.717, 1.165) is 5.56 Å². The Kier molecular flexibility index (Phi) is 5.10. The SMILES string of the molecule is CC(C)NC(=O)CCN1C(=O)[C@@H](C)S[C@@H]1c1ccsc1. The molecule has 0 bridgehead atoms. The molecule has 1 fully saturated rings. The van der Waals surface area contributed by atoms with Crippen LogP contribution in [0.1, 0.15) is 38.1 Å². The van der Waals surface area contributed by atoms with Crippen LogP contribution in [0.2, 0.25) is 0 Å². The Morgan fingerprint density at radius 3 is 2.85 bits per heavy atom. The van der Waals surface area contributed by atoms with Crippen molar-refractivity contribution in [1.29, 1.82) is 0 Å². The average Bonchev–Trinajstić information content (AvgIpc) is 2.97. The fourth-order valence-corrected chi connectivity index (χ4v) is 4.26. The van der Waals surface area contributed by atoms with Crippen LogP contribution < -0.4 is 5.32 Å². The third-order valence-electron chi connectivity index (χ3n) is 3.10. The number of amides is 2. The maximum atomic E-state index is 12.2. The van der Waals surface area contributed by atoms with Gasteiger partial charge in [0.1, 0.15) is 5.37 Å².